The third-order valence-electron chi connectivity index (χ3n) is 6.51. The summed E-state index contributed by atoms with van der Waals surface area (Å²) in [5.74, 6) is 2.38. The topological polar surface area (TPSA) is 109 Å². The van der Waals surface area contributed by atoms with Gasteiger partial charge in [-0.25, -0.2) is 15.4 Å². The Balaban J connectivity index is 0.000000619. The summed E-state index contributed by atoms with van der Waals surface area (Å²) in [7, 11) is 0. The minimum atomic E-state index is -0.280. The molecular formula is C32H40Cl2N8O. The largest absolute Gasteiger partial charge is 0.350 e. The maximum atomic E-state index is 12.4. The molecular weight excluding hydrogens is 583 g/mol. The second kappa shape index (κ2) is 20.0. The van der Waals surface area contributed by atoms with E-state index >= 15 is 0 Å². The number of hydrazine groups is 1. The molecule has 0 aliphatic heterocycles. The molecule has 1 amide bonds. The molecule has 1 saturated carbocycles. The predicted octanol–water partition coefficient (Wildman–Crippen LogP) is 6.24. The molecule has 1 aliphatic carbocycles. The summed E-state index contributed by atoms with van der Waals surface area (Å²) in [4.78, 5) is 29.2. The lowest BCUT2D eigenvalue weighted by molar-refractivity contribution is -0.119. The SMILES string of the molecule is C#C.C=N/C(=C\C(=NCC(=O)NCc1ccc(Cl)cc1Cl)NNCc1cccnc1)n1ccnc1C.CC1CCCCC1. The smallest absolute Gasteiger partial charge is 0.242 e. The fraction of sp³-hybridized carbons (Fsp3) is 0.344. The molecule has 3 N–H and O–H groups in total. The van der Waals surface area contributed by atoms with Crippen molar-refractivity contribution in [1.82, 2.24) is 30.7 Å². The van der Waals surface area contributed by atoms with Gasteiger partial charge in [-0.15, -0.1) is 12.8 Å². The molecule has 3 aromatic rings. The molecule has 0 radical (unpaired) electrons. The van der Waals surface area contributed by atoms with Gasteiger partial charge in [0, 0.05) is 54.0 Å². The van der Waals surface area contributed by atoms with Crippen LogP contribution in [0.5, 0.6) is 0 Å². The number of aryl methyl sites for hydroxylation is 1. The van der Waals surface area contributed by atoms with Gasteiger partial charge in [0.15, 0.2) is 0 Å². The third-order valence-corrected chi connectivity index (χ3v) is 7.10. The second-order valence-corrected chi connectivity index (χ2v) is 10.6. The Morgan fingerprint density at radius 2 is 1.93 bits per heavy atom. The molecule has 0 spiro atoms. The highest BCUT2D eigenvalue weighted by molar-refractivity contribution is 6.35. The number of pyridine rings is 1. The van der Waals surface area contributed by atoms with Crippen LogP contribution in [0.3, 0.4) is 0 Å². The van der Waals surface area contributed by atoms with Gasteiger partial charge in [-0.1, -0.05) is 74.4 Å². The Hall–Kier alpha value is -3.97. The van der Waals surface area contributed by atoms with E-state index in [1.54, 1.807) is 53.6 Å². The molecule has 2 aromatic heterocycles. The van der Waals surface area contributed by atoms with Crippen molar-refractivity contribution in [3.63, 3.8) is 0 Å². The number of carbonyl (C=O) groups is 1. The van der Waals surface area contributed by atoms with Gasteiger partial charge >= 0.3 is 0 Å². The van der Waals surface area contributed by atoms with Gasteiger partial charge in [-0.05, 0) is 48.9 Å². The number of nitrogens with one attached hydrogen (secondary N) is 3. The quantitative estimate of drug-likeness (QED) is 0.107. The molecule has 0 bridgehead atoms. The van der Waals surface area contributed by atoms with E-state index in [2.05, 4.69) is 62.6 Å². The minimum absolute atomic E-state index is 0.119. The number of rotatable bonds is 10. The van der Waals surface area contributed by atoms with E-state index in [1.165, 1.54) is 32.1 Å². The average Bonchev–Trinajstić information content (AvgIpc) is 3.45. The monoisotopic (exact) mass is 622 g/mol. The number of nitrogens with zero attached hydrogens (tertiary/aromatic N) is 5. The molecule has 1 fully saturated rings. The van der Waals surface area contributed by atoms with Crippen LogP contribution in [0.25, 0.3) is 5.82 Å². The summed E-state index contributed by atoms with van der Waals surface area (Å²) in [6.45, 7) is 8.47. The van der Waals surface area contributed by atoms with E-state index in [4.69, 9.17) is 23.2 Å². The van der Waals surface area contributed by atoms with Crippen molar-refractivity contribution in [3.8, 4) is 12.8 Å². The van der Waals surface area contributed by atoms with Crippen LogP contribution < -0.4 is 16.2 Å². The van der Waals surface area contributed by atoms with Crippen LogP contribution in [0, 0.1) is 25.7 Å². The minimum Gasteiger partial charge on any atom is -0.350 e. The number of terminal acetylenes is 1. The molecule has 4 rings (SSSR count). The molecule has 1 aromatic carbocycles. The van der Waals surface area contributed by atoms with Gasteiger partial charge in [0.1, 0.15) is 24.0 Å². The lowest BCUT2D eigenvalue weighted by Gasteiger charge is -2.15. The second-order valence-electron chi connectivity index (χ2n) is 9.80. The zero-order valence-electron chi connectivity index (χ0n) is 24.8. The molecule has 1 aliphatic rings. The van der Waals surface area contributed by atoms with Crippen molar-refractivity contribution in [2.24, 2.45) is 15.9 Å². The van der Waals surface area contributed by atoms with Gasteiger partial charge in [0.25, 0.3) is 0 Å². The van der Waals surface area contributed by atoms with E-state index in [1.807, 2.05) is 19.1 Å². The number of carbonyl (C=O) groups excluding carboxylic acids is 1. The fourth-order valence-electron chi connectivity index (χ4n) is 4.17. The Labute approximate surface area is 264 Å². The molecule has 0 unspecified atom stereocenters. The summed E-state index contributed by atoms with van der Waals surface area (Å²) in [6, 6.07) is 8.91. The Morgan fingerprint density at radius 3 is 2.51 bits per heavy atom. The van der Waals surface area contributed by atoms with Crippen LogP contribution in [-0.4, -0.2) is 39.5 Å². The number of halogens is 2. The number of hydrogen-bond acceptors (Lipinski definition) is 6. The number of aromatic nitrogens is 3. The molecule has 0 atom stereocenters. The third kappa shape index (κ3) is 13.3. The van der Waals surface area contributed by atoms with Crippen molar-refractivity contribution >= 4 is 47.5 Å². The standard InChI is InChI=1S/C23H24Cl2N8O.C7H14.C2H2/c1-16-28-8-9-33(16)22(26-2)11-21(32-31-13-17-4-3-7-27-12-17)29-15-23(34)30-14-18-5-6-19(24)10-20(18)25;1-7-5-3-2-4-6-7;1-2/h3-12,31H,2,13-15H2,1H3,(H,29,32)(H,30,34);7H,2-6H2,1H3;1-2H/b22-11+;;. The van der Waals surface area contributed by atoms with E-state index < -0.39 is 0 Å². The van der Waals surface area contributed by atoms with Crippen molar-refractivity contribution in [1.29, 1.82) is 0 Å². The van der Waals surface area contributed by atoms with Crippen molar-refractivity contribution in [2.75, 3.05) is 6.54 Å². The maximum absolute atomic E-state index is 12.4. The van der Waals surface area contributed by atoms with Crippen molar-refractivity contribution in [2.45, 2.75) is 59.0 Å². The Kier molecular flexibility index (Phi) is 16.4. The first-order valence-corrected chi connectivity index (χ1v) is 14.8. The van der Waals surface area contributed by atoms with Crippen LogP contribution >= 0.6 is 23.2 Å². The number of hydrogen-bond donors (Lipinski definition) is 3. The molecule has 43 heavy (non-hydrogen) atoms. The van der Waals surface area contributed by atoms with Crippen molar-refractivity contribution < 1.29 is 4.79 Å². The van der Waals surface area contributed by atoms with Gasteiger partial charge in [0.2, 0.25) is 5.91 Å². The molecule has 9 nitrogen and oxygen atoms in total. The zero-order chi connectivity index (χ0) is 31.5. The van der Waals surface area contributed by atoms with Crippen LogP contribution in [0.15, 0.2) is 71.2 Å². The van der Waals surface area contributed by atoms with Crippen LogP contribution in [-0.2, 0) is 17.9 Å². The van der Waals surface area contributed by atoms with Gasteiger partial charge in [-0.2, -0.15) is 0 Å². The average molecular weight is 624 g/mol. The number of benzene rings is 1. The zero-order valence-corrected chi connectivity index (χ0v) is 26.3. The molecule has 0 saturated heterocycles. The summed E-state index contributed by atoms with van der Waals surface area (Å²) in [5, 5.41) is 3.82. The summed E-state index contributed by atoms with van der Waals surface area (Å²) < 4.78 is 1.76. The number of amidine groups is 1. The van der Waals surface area contributed by atoms with Crippen LogP contribution in [0.4, 0.5) is 0 Å². The van der Waals surface area contributed by atoms with E-state index in [-0.39, 0.29) is 19.0 Å². The van der Waals surface area contributed by atoms with Gasteiger partial charge in [-0.3, -0.25) is 19.3 Å². The van der Waals surface area contributed by atoms with Crippen LogP contribution in [0.1, 0.15) is 56.0 Å². The lowest BCUT2D eigenvalue weighted by atomic mass is 9.91. The molecule has 2 heterocycles. The highest BCUT2D eigenvalue weighted by atomic mass is 35.5. The lowest BCUT2D eigenvalue weighted by Crippen LogP contribution is -2.37. The van der Waals surface area contributed by atoms with Gasteiger partial charge in [0.05, 0.1) is 0 Å². The number of aliphatic imine (C=N–C) groups is 2. The fourth-order valence-corrected chi connectivity index (χ4v) is 4.65. The highest BCUT2D eigenvalue weighted by Crippen LogP contribution is 2.22. The van der Waals surface area contributed by atoms with E-state index in [0.29, 0.717) is 28.2 Å². The first-order valence-electron chi connectivity index (χ1n) is 14.0. The first-order chi connectivity index (χ1) is 20.9. The van der Waals surface area contributed by atoms with Crippen LogP contribution in [0.2, 0.25) is 10.0 Å². The Bertz CT molecular complexity index is 1360. The first kappa shape index (κ1) is 35.2. The molecule has 228 valence electrons. The van der Waals surface area contributed by atoms with E-state index in [9.17, 15) is 4.79 Å². The van der Waals surface area contributed by atoms with Gasteiger partial charge < -0.3 is 10.7 Å². The number of imidazole rings is 1. The maximum Gasteiger partial charge on any atom is 0.242 e. The normalized spacial score (nSPS) is 13.5. The molecule has 11 heteroatoms. The summed E-state index contributed by atoms with van der Waals surface area (Å²) in [6.07, 6.45) is 24.0. The Morgan fingerprint density at radius 1 is 1.16 bits per heavy atom. The highest BCUT2D eigenvalue weighted by Gasteiger charge is 2.08. The van der Waals surface area contributed by atoms with Crippen molar-refractivity contribution in [3.05, 3.63) is 88.2 Å². The summed E-state index contributed by atoms with van der Waals surface area (Å²) >= 11 is 12.1. The number of amides is 1. The van der Waals surface area contributed by atoms with E-state index in [0.717, 1.165) is 22.9 Å². The summed E-state index contributed by atoms with van der Waals surface area (Å²) in [5.41, 5.74) is 7.82. The predicted molar refractivity (Wildman–Crippen MR) is 178 cm³/mol.